The second-order valence-corrected chi connectivity index (χ2v) is 10.7. The number of halogens is 6. The van der Waals surface area contributed by atoms with Gasteiger partial charge in [-0.25, -0.2) is 0 Å². The number of nitrogens with zero attached hydrogens (tertiary/aromatic N) is 4. The molecule has 1 aromatic heterocycles. The molecule has 3 heterocycles. The van der Waals surface area contributed by atoms with E-state index < -0.39 is 35.9 Å². The number of esters is 1. The highest BCUT2D eigenvalue weighted by atomic mass is 32.2. The van der Waals surface area contributed by atoms with Gasteiger partial charge in [0.25, 0.3) is 5.91 Å². The quantitative estimate of drug-likeness (QED) is 0.230. The number of hydrogen-bond donors (Lipinski definition) is 1. The van der Waals surface area contributed by atoms with E-state index in [1.54, 1.807) is 24.3 Å². The van der Waals surface area contributed by atoms with Gasteiger partial charge in [-0.05, 0) is 53.2 Å². The molecule has 42 heavy (non-hydrogen) atoms. The number of fused-ring (bicyclic) bond motifs is 1. The zero-order valence-corrected chi connectivity index (χ0v) is 22.7. The fourth-order valence-corrected chi connectivity index (χ4v) is 5.50. The molecule has 2 aromatic carbocycles. The number of carbonyl (C=O) groups is 2. The van der Waals surface area contributed by atoms with Crippen LogP contribution in [0.3, 0.4) is 0 Å². The smallest absolute Gasteiger partial charge is 0.416 e. The third kappa shape index (κ3) is 6.46. The maximum atomic E-state index is 13.6. The van der Waals surface area contributed by atoms with Crippen molar-refractivity contribution in [2.24, 2.45) is 4.99 Å². The van der Waals surface area contributed by atoms with E-state index in [2.05, 4.69) is 20.1 Å². The van der Waals surface area contributed by atoms with Crippen LogP contribution in [0, 0.1) is 0 Å². The first-order valence-corrected chi connectivity index (χ1v) is 13.4. The molecule has 0 atom stereocenters. The predicted octanol–water partition coefficient (Wildman–Crippen LogP) is 4.93. The van der Waals surface area contributed by atoms with Crippen LogP contribution in [0.15, 0.2) is 52.5 Å². The van der Waals surface area contributed by atoms with E-state index >= 15 is 0 Å². The van der Waals surface area contributed by atoms with Gasteiger partial charge in [-0.15, -0.1) is 0 Å². The first kappa shape index (κ1) is 29.6. The molecule has 1 fully saturated rings. The number of rotatable bonds is 7. The molecule has 1 N–H and O–H groups in total. The number of thioether (sulfide) groups is 1. The SMILES string of the molecule is COC(=O)CCNC1CN(C2=NC(=O)/C(=C/c3ccc4c(cnn4Cc4ccc(C(F)(F)F)cc4C(F)(F)F)c3)S2)C1. The number of alkyl halides is 6. The summed E-state index contributed by atoms with van der Waals surface area (Å²) in [6.45, 7) is 1.36. The van der Waals surface area contributed by atoms with Gasteiger partial charge < -0.3 is 15.0 Å². The number of hydrogen-bond acceptors (Lipinski definition) is 7. The molecule has 8 nitrogen and oxygen atoms in total. The summed E-state index contributed by atoms with van der Waals surface area (Å²) in [6.07, 6.45) is -6.53. The molecule has 0 bridgehead atoms. The van der Waals surface area contributed by atoms with E-state index in [1.165, 1.54) is 29.8 Å². The molecule has 5 rings (SSSR count). The minimum absolute atomic E-state index is 0.111. The first-order valence-electron chi connectivity index (χ1n) is 12.6. The van der Waals surface area contributed by atoms with Crippen molar-refractivity contribution in [1.29, 1.82) is 0 Å². The Morgan fingerprint density at radius 3 is 2.57 bits per heavy atom. The molecular weight excluding hydrogens is 588 g/mol. The van der Waals surface area contributed by atoms with Crippen LogP contribution >= 0.6 is 11.8 Å². The van der Waals surface area contributed by atoms with Crippen LogP contribution in [0.25, 0.3) is 17.0 Å². The van der Waals surface area contributed by atoms with Gasteiger partial charge in [0, 0.05) is 31.1 Å². The number of amidine groups is 1. The van der Waals surface area contributed by atoms with Crippen molar-refractivity contribution in [3.05, 3.63) is 69.8 Å². The Morgan fingerprint density at radius 1 is 1.12 bits per heavy atom. The van der Waals surface area contributed by atoms with Crippen molar-refractivity contribution < 1.29 is 40.7 Å². The van der Waals surface area contributed by atoms with Crippen molar-refractivity contribution in [3.8, 4) is 0 Å². The molecule has 15 heteroatoms. The van der Waals surface area contributed by atoms with Gasteiger partial charge in [0.15, 0.2) is 5.17 Å². The minimum atomic E-state index is -4.98. The van der Waals surface area contributed by atoms with Crippen LogP contribution in [0.5, 0.6) is 0 Å². The Bertz CT molecular complexity index is 1590. The van der Waals surface area contributed by atoms with Crippen molar-refractivity contribution in [1.82, 2.24) is 20.0 Å². The lowest BCUT2D eigenvalue weighted by Crippen LogP contribution is -2.59. The molecule has 0 saturated carbocycles. The summed E-state index contributed by atoms with van der Waals surface area (Å²) in [7, 11) is 1.33. The van der Waals surface area contributed by atoms with Crippen LogP contribution < -0.4 is 5.32 Å². The molecule has 3 aromatic rings. The third-order valence-electron chi connectivity index (χ3n) is 6.78. The van der Waals surface area contributed by atoms with Gasteiger partial charge >= 0.3 is 18.3 Å². The van der Waals surface area contributed by atoms with Gasteiger partial charge in [0.05, 0.1) is 47.8 Å². The van der Waals surface area contributed by atoms with Crippen LogP contribution in [0.1, 0.15) is 28.7 Å². The number of aliphatic imine (C=N–C) groups is 1. The summed E-state index contributed by atoms with van der Waals surface area (Å²) in [4.78, 5) is 30.2. The number of amides is 1. The lowest BCUT2D eigenvalue weighted by molar-refractivity contribution is -0.143. The standard InChI is InChI=1S/C27H23F6N5O3S/c1-41-23(39)6-7-34-19-13-37(14-19)25-36-24(40)22(42-25)9-15-2-5-21-17(8-15)11-35-38(21)12-16-3-4-18(26(28,29)30)10-20(16)27(31,32)33/h2-5,8-11,19,34H,6-7,12-14H2,1H3/b22-9-. The number of carbonyl (C=O) groups excluding carboxylic acids is 2. The summed E-state index contributed by atoms with van der Waals surface area (Å²) in [5, 5.41) is 8.53. The van der Waals surface area contributed by atoms with Crippen molar-refractivity contribution in [2.75, 3.05) is 26.7 Å². The molecular formula is C27H23F6N5O3S. The number of methoxy groups -OCH3 is 1. The highest BCUT2D eigenvalue weighted by Gasteiger charge is 2.38. The number of likely N-dealkylation sites (tertiary alicyclic amines) is 1. The van der Waals surface area contributed by atoms with Crippen LogP contribution in [-0.2, 0) is 33.2 Å². The molecule has 222 valence electrons. The lowest BCUT2D eigenvalue weighted by Gasteiger charge is -2.40. The number of benzene rings is 2. The summed E-state index contributed by atoms with van der Waals surface area (Å²) in [5.41, 5.74) is -1.99. The zero-order chi connectivity index (χ0) is 30.2. The first-order chi connectivity index (χ1) is 19.8. The van der Waals surface area contributed by atoms with Crippen LogP contribution in [0.2, 0.25) is 0 Å². The minimum Gasteiger partial charge on any atom is -0.469 e. The molecule has 1 amide bonds. The van der Waals surface area contributed by atoms with Gasteiger partial charge in [0.2, 0.25) is 0 Å². The predicted molar refractivity (Wildman–Crippen MR) is 143 cm³/mol. The van der Waals surface area contributed by atoms with Crippen LogP contribution in [-0.4, -0.2) is 64.5 Å². The highest BCUT2D eigenvalue weighted by Crippen LogP contribution is 2.38. The Balaban J connectivity index is 1.25. The van der Waals surface area contributed by atoms with E-state index in [-0.39, 0.29) is 30.1 Å². The van der Waals surface area contributed by atoms with Gasteiger partial charge in [-0.1, -0.05) is 12.1 Å². The molecule has 1 saturated heterocycles. The topological polar surface area (TPSA) is 88.8 Å². The molecule has 0 unspecified atom stereocenters. The van der Waals surface area contributed by atoms with E-state index in [4.69, 9.17) is 0 Å². The molecule has 0 spiro atoms. The molecule has 0 aliphatic carbocycles. The number of aromatic nitrogens is 2. The average Bonchev–Trinajstić information content (AvgIpc) is 3.46. The molecule has 2 aliphatic heterocycles. The van der Waals surface area contributed by atoms with Gasteiger partial charge in [-0.3, -0.25) is 14.3 Å². The summed E-state index contributed by atoms with van der Waals surface area (Å²) in [6, 6.07) is 6.71. The number of ether oxygens (including phenoxy) is 1. The Labute approximate surface area is 239 Å². The lowest BCUT2D eigenvalue weighted by atomic mass is 10.0. The second kappa shape index (κ2) is 11.4. The molecule has 2 aliphatic rings. The zero-order valence-electron chi connectivity index (χ0n) is 21.9. The summed E-state index contributed by atoms with van der Waals surface area (Å²) >= 11 is 1.23. The third-order valence-corrected chi connectivity index (χ3v) is 7.82. The van der Waals surface area contributed by atoms with Gasteiger partial charge in [0.1, 0.15) is 0 Å². The second-order valence-electron chi connectivity index (χ2n) is 9.68. The average molecular weight is 612 g/mol. The fraction of sp³-hybridized carbons (Fsp3) is 0.333. The Morgan fingerprint density at radius 2 is 1.88 bits per heavy atom. The van der Waals surface area contributed by atoms with Crippen molar-refractivity contribution in [3.63, 3.8) is 0 Å². The fourth-order valence-electron chi connectivity index (χ4n) is 4.57. The van der Waals surface area contributed by atoms with Crippen LogP contribution in [0.4, 0.5) is 26.3 Å². The van der Waals surface area contributed by atoms with Crippen molar-refractivity contribution >= 4 is 45.8 Å². The summed E-state index contributed by atoms with van der Waals surface area (Å²) < 4.78 is 85.7. The normalized spacial score (nSPS) is 17.2. The van der Waals surface area contributed by atoms with Crippen molar-refractivity contribution in [2.45, 2.75) is 31.4 Å². The molecule has 0 radical (unpaired) electrons. The maximum absolute atomic E-state index is 13.6. The number of nitrogens with one attached hydrogen (secondary N) is 1. The highest BCUT2D eigenvalue weighted by molar-refractivity contribution is 8.18. The Hall–Kier alpha value is -3.85. The summed E-state index contributed by atoms with van der Waals surface area (Å²) in [5.74, 6) is -0.690. The van der Waals surface area contributed by atoms with E-state index in [0.717, 1.165) is 6.07 Å². The maximum Gasteiger partial charge on any atom is 0.416 e. The van der Waals surface area contributed by atoms with E-state index in [9.17, 15) is 35.9 Å². The van der Waals surface area contributed by atoms with Gasteiger partial charge in [-0.2, -0.15) is 36.4 Å². The Kier molecular flexibility index (Phi) is 8.07. The monoisotopic (exact) mass is 611 g/mol. The largest absolute Gasteiger partial charge is 0.469 e. The van der Waals surface area contributed by atoms with E-state index in [1.807, 2.05) is 4.90 Å². The van der Waals surface area contributed by atoms with E-state index in [0.29, 0.717) is 52.2 Å².